The number of hydrogen-bond donors (Lipinski definition) is 1. The van der Waals surface area contributed by atoms with Crippen molar-refractivity contribution in [2.75, 3.05) is 27.2 Å². The van der Waals surface area contributed by atoms with Crippen LogP contribution in [0.1, 0.15) is 34.7 Å². The highest BCUT2D eigenvalue weighted by atomic mass is 16.5. The summed E-state index contributed by atoms with van der Waals surface area (Å²) in [5, 5.41) is 11.2. The highest BCUT2D eigenvalue weighted by Gasteiger charge is 2.45. The largest absolute Gasteiger partial charge is 0.507 e. The number of ketones is 1. The van der Waals surface area contributed by atoms with Crippen LogP contribution in [-0.2, 0) is 16.2 Å². The average Bonchev–Trinajstić information content (AvgIpc) is 3.13. The molecule has 3 aromatic rings. The van der Waals surface area contributed by atoms with Crippen LogP contribution < -0.4 is 4.74 Å². The monoisotopic (exact) mass is 484 g/mol. The molecule has 0 aliphatic carbocycles. The summed E-state index contributed by atoms with van der Waals surface area (Å²) in [5.74, 6) is -0.771. The maximum Gasteiger partial charge on any atom is 0.295 e. The number of ether oxygens (including phenoxy) is 1. The first-order chi connectivity index (χ1) is 17.3. The lowest BCUT2D eigenvalue weighted by molar-refractivity contribution is -0.139. The van der Waals surface area contributed by atoms with E-state index >= 15 is 0 Å². The van der Waals surface area contributed by atoms with Gasteiger partial charge in [-0.2, -0.15) is 0 Å². The number of carbonyl (C=O) groups is 2. The molecule has 0 spiro atoms. The summed E-state index contributed by atoms with van der Waals surface area (Å²) in [7, 11) is 3.94. The molecular weight excluding hydrogens is 452 g/mol. The Kier molecular flexibility index (Phi) is 7.86. The fourth-order valence-corrected chi connectivity index (χ4v) is 4.48. The molecular formula is C30H32N2O4. The fraction of sp³-hybridized carbons (Fsp3) is 0.267. The zero-order valence-corrected chi connectivity index (χ0v) is 21.0. The Morgan fingerprint density at radius 1 is 0.972 bits per heavy atom. The summed E-state index contributed by atoms with van der Waals surface area (Å²) in [6.07, 6.45) is 0.719. The maximum absolute atomic E-state index is 13.1. The van der Waals surface area contributed by atoms with Crippen molar-refractivity contribution in [3.8, 4) is 5.75 Å². The molecule has 0 aromatic heterocycles. The van der Waals surface area contributed by atoms with E-state index in [9.17, 15) is 14.7 Å². The van der Waals surface area contributed by atoms with Gasteiger partial charge in [-0.1, -0.05) is 60.2 Å². The van der Waals surface area contributed by atoms with Crippen molar-refractivity contribution < 1.29 is 19.4 Å². The smallest absolute Gasteiger partial charge is 0.295 e. The van der Waals surface area contributed by atoms with Gasteiger partial charge in [-0.05, 0) is 69.4 Å². The molecule has 186 valence electrons. The third-order valence-corrected chi connectivity index (χ3v) is 6.28. The van der Waals surface area contributed by atoms with E-state index in [1.54, 1.807) is 29.2 Å². The third-order valence-electron chi connectivity index (χ3n) is 6.28. The van der Waals surface area contributed by atoms with E-state index in [0.717, 1.165) is 24.1 Å². The van der Waals surface area contributed by atoms with E-state index in [2.05, 4.69) is 6.07 Å². The van der Waals surface area contributed by atoms with Gasteiger partial charge in [0.15, 0.2) is 0 Å². The number of Topliss-reactive ketones (excluding diaryl/α,β-unsaturated/α-hetero) is 1. The van der Waals surface area contributed by atoms with Crippen LogP contribution >= 0.6 is 0 Å². The molecule has 4 rings (SSSR count). The van der Waals surface area contributed by atoms with E-state index in [1.807, 2.05) is 74.4 Å². The summed E-state index contributed by atoms with van der Waals surface area (Å²) >= 11 is 0. The van der Waals surface area contributed by atoms with Gasteiger partial charge in [0.2, 0.25) is 0 Å². The van der Waals surface area contributed by atoms with Crippen molar-refractivity contribution in [2.24, 2.45) is 0 Å². The zero-order valence-electron chi connectivity index (χ0n) is 21.0. The molecule has 1 unspecified atom stereocenters. The standard InChI is InChI=1S/C30H32N2O4/c1-21-9-7-10-22(19-21)20-36-25-15-13-24(14-16-25)28(33)26-27(23-11-5-4-6-12-23)32(30(35)29(26)34)18-8-17-31(2)3/h4-7,9-16,19,27,33H,8,17-18,20H2,1-3H3. The SMILES string of the molecule is Cc1cccc(COc2ccc(C(O)=C3C(=O)C(=O)N(CCCN(C)C)C3c3ccccc3)cc2)c1. The van der Waals surface area contributed by atoms with E-state index in [4.69, 9.17) is 4.74 Å². The fourth-order valence-electron chi connectivity index (χ4n) is 4.48. The summed E-state index contributed by atoms with van der Waals surface area (Å²) in [4.78, 5) is 29.7. The van der Waals surface area contributed by atoms with Gasteiger partial charge < -0.3 is 19.6 Å². The van der Waals surface area contributed by atoms with Crippen LogP contribution in [0.15, 0.2) is 84.4 Å². The van der Waals surface area contributed by atoms with Gasteiger partial charge in [0.05, 0.1) is 11.6 Å². The number of amides is 1. The maximum atomic E-state index is 13.1. The Labute approximate surface area is 212 Å². The minimum Gasteiger partial charge on any atom is -0.507 e. The quantitative estimate of drug-likeness (QED) is 0.264. The number of aliphatic hydroxyl groups excluding tert-OH is 1. The Balaban J connectivity index is 1.60. The molecule has 1 aliphatic heterocycles. The molecule has 1 heterocycles. The summed E-state index contributed by atoms with van der Waals surface area (Å²) in [6, 6.07) is 23.8. The Morgan fingerprint density at radius 3 is 2.36 bits per heavy atom. The van der Waals surface area contributed by atoms with Crippen LogP contribution in [0.25, 0.3) is 5.76 Å². The van der Waals surface area contributed by atoms with Gasteiger partial charge >= 0.3 is 0 Å². The number of benzene rings is 3. The van der Waals surface area contributed by atoms with Gasteiger partial charge in [-0.3, -0.25) is 9.59 Å². The molecule has 1 N–H and O–H groups in total. The van der Waals surface area contributed by atoms with Crippen molar-refractivity contribution in [2.45, 2.75) is 26.0 Å². The number of likely N-dealkylation sites (tertiary alicyclic amines) is 1. The predicted molar refractivity (Wildman–Crippen MR) is 141 cm³/mol. The van der Waals surface area contributed by atoms with Crippen molar-refractivity contribution in [1.82, 2.24) is 9.80 Å². The molecule has 36 heavy (non-hydrogen) atoms. The number of rotatable bonds is 9. The number of aryl methyl sites for hydroxylation is 1. The minimum absolute atomic E-state index is 0.115. The molecule has 0 radical (unpaired) electrons. The highest BCUT2D eigenvalue weighted by molar-refractivity contribution is 6.46. The van der Waals surface area contributed by atoms with Crippen molar-refractivity contribution in [3.05, 3.63) is 107 Å². The third kappa shape index (κ3) is 5.66. The first-order valence-corrected chi connectivity index (χ1v) is 12.1. The molecule has 1 amide bonds. The van der Waals surface area contributed by atoms with Gasteiger partial charge in [0.25, 0.3) is 11.7 Å². The zero-order chi connectivity index (χ0) is 25.7. The molecule has 6 nitrogen and oxygen atoms in total. The molecule has 3 aromatic carbocycles. The second-order valence-corrected chi connectivity index (χ2v) is 9.36. The molecule has 1 aliphatic rings. The summed E-state index contributed by atoms with van der Waals surface area (Å²) in [5.41, 5.74) is 3.61. The summed E-state index contributed by atoms with van der Waals surface area (Å²) < 4.78 is 5.89. The van der Waals surface area contributed by atoms with Crippen LogP contribution in [0.2, 0.25) is 0 Å². The lowest BCUT2D eigenvalue weighted by atomic mass is 9.95. The first-order valence-electron chi connectivity index (χ1n) is 12.1. The second-order valence-electron chi connectivity index (χ2n) is 9.36. The number of carbonyl (C=O) groups excluding carboxylic acids is 2. The van der Waals surface area contributed by atoms with Crippen molar-refractivity contribution in [1.29, 1.82) is 0 Å². The van der Waals surface area contributed by atoms with Crippen LogP contribution in [0.5, 0.6) is 5.75 Å². The Morgan fingerprint density at radius 2 is 1.69 bits per heavy atom. The van der Waals surface area contributed by atoms with E-state index in [-0.39, 0.29) is 11.3 Å². The second kappa shape index (κ2) is 11.2. The average molecular weight is 485 g/mol. The van der Waals surface area contributed by atoms with Gasteiger partial charge in [0.1, 0.15) is 18.1 Å². The van der Waals surface area contributed by atoms with Gasteiger partial charge in [-0.15, -0.1) is 0 Å². The van der Waals surface area contributed by atoms with Crippen molar-refractivity contribution >= 4 is 17.4 Å². The lowest BCUT2D eigenvalue weighted by Crippen LogP contribution is -2.32. The molecule has 1 fully saturated rings. The summed E-state index contributed by atoms with van der Waals surface area (Å²) in [6.45, 7) is 3.67. The predicted octanol–water partition coefficient (Wildman–Crippen LogP) is 4.95. The van der Waals surface area contributed by atoms with E-state index < -0.39 is 17.7 Å². The molecule has 0 saturated carbocycles. The van der Waals surface area contributed by atoms with Gasteiger partial charge in [0, 0.05) is 12.1 Å². The van der Waals surface area contributed by atoms with Crippen LogP contribution in [0.4, 0.5) is 0 Å². The molecule has 1 saturated heterocycles. The van der Waals surface area contributed by atoms with E-state index in [0.29, 0.717) is 24.5 Å². The van der Waals surface area contributed by atoms with Crippen molar-refractivity contribution in [3.63, 3.8) is 0 Å². The Hall–Kier alpha value is -3.90. The van der Waals surface area contributed by atoms with Crippen LogP contribution in [0.3, 0.4) is 0 Å². The normalized spacial score (nSPS) is 17.1. The number of hydrogen-bond acceptors (Lipinski definition) is 5. The van der Waals surface area contributed by atoms with Crippen LogP contribution in [-0.4, -0.2) is 53.8 Å². The number of aliphatic hydroxyl groups is 1. The van der Waals surface area contributed by atoms with Crippen LogP contribution in [0, 0.1) is 6.92 Å². The minimum atomic E-state index is -0.661. The number of nitrogens with zero attached hydrogens (tertiary/aromatic N) is 2. The molecule has 0 bridgehead atoms. The molecule has 6 heteroatoms. The highest BCUT2D eigenvalue weighted by Crippen LogP contribution is 2.39. The molecule has 1 atom stereocenters. The first kappa shape index (κ1) is 25.2. The Bertz CT molecular complexity index is 1250. The lowest BCUT2D eigenvalue weighted by Gasteiger charge is -2.26. The van der Waals surface area contributed by atoms with E-state index in [1.165, 1.54) is 5.56 Å². The van der Waals surface area contributed by atoms with Gasteiger partial charge in [-0.25, -0.2) is 0 Å². The topological polar surface area (TPSA) is 70.1 Å².